The first kappa shape index (κ1) is 19.8. The molecule has 1 aliphatic carbocycles. The second-order valence-electron chi connectivity index (χ2n) is 7.04. The van der Waals surface area contributed by atoms with E-state index in [2.05, 4.69) is 20.6 Å². The molecule has 7 heteroatoms. The van der Waals surface area contributed by atoms with Gasteiger partial charge in [0.05, 0.1) is 18.4 Å². The number of aryl methyl sites for hydroxylation is 1. The van der Waals surface area contributed by atoms with E-state index in [0.29, 0.717) is 22.6 Å². The van der Waals surface area contributed by atoms with E-state index in [4.69, 9.17) is 4.74 Å². The minimum Gasteiger partial charge on any atom is -0.465 e. The van der Waals surface area contributed by atoms with Crippen molar-refractivity contribution >= 4 is 23.5 Å². The molecular formula is C21H26N4O3. The van der Waals surface area contributed by atoms with Gasteiger partial charge in [-0.15, -0.1) is 0 Å². The lowest BCUT2D eigenvalue weighted by atomic mass is 10.1. The lowest BCUT2D eigenvalue weighted by Crippen LogP contribution is -2.35. The van der Waals surface area contributed by atoms with Crippen molar-refractivity contribution in [2.24, 2.45) is 0 Å². The molecule has 0 atom stereocenters. The highest BCUT2D eigenvalue weighted by molar-refractivity contribution is 5.96. The molecule has 1 aromatic carbocycles. The van der Waals surface area contributed by atoms with Crippen LogP contribution in [0.3, 0.4) is 0 Å². The van der Waals surface area contributed by atoms with Crippen LogP contribution < -0.4 is 10.6 Å². The number of ether oxygens (including phenoxy) is 1. The van der Waals surface area contributed by atoms with E-state index in [1.165, 1.54) is 20.0 Å². The third-order valence-electron chi connectivity index (χ3n) is 4.86. The van der Waals surface area contributed by atoms with Crippen LogP contribution in [0.1, 0.15) is 65.1 Å². The Kier molecular flexibility index (Phi) is 6.57. The monoisotopic (exact) mass is 382 g/mol. The first-order valence-corrected chi connectivity index (χ1v) is 9.67. The summed E-state index contributed by atoms with van der Waals surface area (Å²) in [6.07, 6.45) is 6.76. The highest BCUT2D eigenvalue weighted by Crippen LogP contribution is 2.21. The number of anilines is 2. The summed E-state index contributed by atoms with van der Waals surface area (Å²) in [5.74, 6) is -0.383. The van der Waals surface area contributed by atoms with Gasteiger partial charge in [-0.1, -0.05) is 37.8 Å². The lowest BCUT2D eigenvalue weighted by molar-refractivity contribution is 0.0601. The number of esters is 1. The average Bonchev–Trinajstić information content (AvgIpc) is 2.96. The number of carbonyl (C=O) groups excluding carboxylic acids is 2. The smallest absolute Gasteiger partial charge is 0.339 e. The van der Waals surface area contributed by atoms with Gasteiger partial charge in [-0.05, 0) is 38.0 Å². The maximum Gasteiger partial charge on any atom is 0.339 e. The van der Waals surface area contributed by atoms with Gasteiger partial charge in [0, 0.05) is 11.7 Å². The van der Waals surface area contributed by atoms with Gasteiger partial charge < -0.3 is 15.4 Å². The second kappa shape index (κ2) is 9.30. The first-order valence-electron chi connectivity index (χ1n) is 9.67. The predicted octanol–water partition coefficient (Wildman–Crippen LogP) is 3.77. The van der Waals surface area contributed by atoms with E-state index >= 15 is 0 Å². The number of hydrogen-bond acceptors (Lipinski definition) is 6. The van der Waals surface area contributed by atoms with Crippen LogP contribution in [0.4, 0.5) is 11.6 Å². The molecule has 2 aromatic rings. The third kappa shape index (κ3) is 5.06. The summed E-state index contributed by atoms with van der Waals surface area (Å²) in [6.45, 7) is 1.81. The molecule has 0 spiro atoms. The summed E-state index contributed by atoms with van der Waals surface area (Å²) in [6, 6.07) is 8.81. The van der Waals surface area contributed by atoms with Crippen molar-refractivity contribution in [1.29, 1.82) is 0 Å². The maximum atomic E-state index is 12.7. The van der Waals surface area contributed by atoms with E-state index in [-0.39, 0.29) is 17.9 Å². The van der Waals surface area contributed by atoms with Crippen molar-refractivity contribution in [1.82, 2.24) is 15.3 Å². The molecule has 0 radical (unpaired) electrons. The van der Waals surface area contributed by atoms with Gasteiger partial charge >= 0.3 is 5.97 Å². The fraction of sp³-hybridized carbons (Fsp3) is 0.429. The Bertz CT molecular complexity index is 845. The molecule has 1 fully saturated rings. The zero-order chi connectivity index (χ0) is 19.9. The highest BCUT2D eigenvalue weighted by atomic mass is 16.5. The molecule has 0 unspecified atom stereocenters. The maximum absolute atomic E-state index is 12.7. The molecule has 1 aromatic heterocycles. The molecule has 7 nitrogen and oxygen atoms in total. The third-order valence-corrected chi connectivity index (χ3v) is 4.86. The molecule has 2 N–H and O–H groups in total. The fourth-order valence-electron chi connectivity index (χ4n) is 3.42. The predicted molar refractivity (Wildman–Crippen MR) is 107 cm³/mol. The van der Waals surface area contributed by atoms with Gasteiger partial charge in [0.15, 0.2) is 0 Å². The number of rotatable bonds is 5. The fourth-order valence-corrected chi connectivity index (χ4v) is 3.42. The lowest BCUT2D eigenvalue weighted by Gasteiger charge is -2.16. The minimum atomic E-state index is -0.456. The summed E-state index contributed by atoms with van der Waals surface area (Å²) in [5.41, 5.74) is 1.88. The van der Waals surface area contributed by atoms with Crippen LogP contribution in [0.25, 0.3) is 0 Å². The van der Waals surface area contributed by atoms with Crippen LogP contribution in [-0.2, 0) is 4.74 Å². The number of carbonyl (C=O) groups is 2. The molecule has 28 heavy (non-hydrogen) atoms. The van der Waals surface area contributed by atoms with Crippen LogP contribution in [-0.4, -0.2) is 35.0 Å². The molecule has 0 aliphatic heterocycles. The Labute approximate surface area is 164 Å². The quantitative estimate of drug-likeness (QED) is 0.604. The van der Waals surface area contributed by atoms with Crippen molar-refractivity contribution in [3.05, 3.63) is 47.3 Å². The summed E-state index contributed by atoms with van der Waals surface area (Å²) >= 11 is 0. The molecule has 1 aliphatic rings. The number of benzene rings is 1. The Hall–Kier alpha value is -2.96. The van der Waals surface area contributed by atoms with Gasteiger partial charge in [-0.25, -0.2) is 14.8 Å². The zero-order valence-electron chi connectivity index (χ0n) is 16.3. The summed E-state index contributed by atoms with van der Waals surface area (Å²) in [4.78, 5) is 33.4. The molecule has 0 saturated heterocycles. The van der Waals surface area contributed by atoms with Gasteiger partial charge in [-0.3, -0.25) is 4.79 Å². The van der Waals surface area contributed by atoms with E-state index in [1.807, 2.05) is 6.92 Å². The topological polar surface area (TPSA) is 93.2 Å². The largest absolute Gasteiger partial charge is 0.465 e. The summed E-state index contributed by atoms with van der Waals surface area (Å²) in [5, 5.41) is 6.14. The van der Waals surface area contributed by atoms with Crippen molar-refractivity contribution in [3.63, 3.8) is 0 Å². The van der Waals surface area contributed by atoms with Gasteiger partial charge in [0.25, 0.3) is 5.91 Å². The number of aromatic nitrogens is 2. The highest BCUT2D eigenvalue weighted by Gasteiger charge is 2.18. The van der Waals surface area contributed by atoms with Gasteiger partial charge in [0.1, 0.15) is 5.69 Å². The molecular weight excluding hydrogens is 356 g/mol. The number of para-hydroxylation sites is 1. The first-order chi connectivity index (χ1) is 13.6. The molecule has 1 heterocycles. The number of amides is 1. The minimum absolute atomic E-state index is 0.193. The van der Waals surface area contributed by atoms with E-state index in [1.54, 1.807) is 30.3 Å². The Morgan fingerprint density at radius 3 is 2.50 bits per heavy atom. The van der Waals surface area contributed by atoms with Crippen molar-refractivity contribution < 1.29 is 14.3 Å². The molecule has 1 saturated carbocycles. The average molecular weight is 382 g/mol. The van der Waals surface area contributed by atoms with Crippen LogP contribution in [0.2, 0.25) is 0 Å². The second-order valence-corrected chi connectivity index (χ2v) is 7.04. The Morgan fingerprint density at radius 2 is 1.79 bits per heavy atom. The molecule has 148 valence electrons. The molecule has 1 amide bonds. The van der Waals surface area contributed by atoms with Gasteiger partial charge in [0.2, 0.25) is 5.95 Å². The number of nitrogens with zero attached hydrogens (tertiary/aromatic N) is 2. The van der Waals surface area contributed by atoms with Crippen LogP contribution >= 0.6 is 0 Å². The Balaban J connectivity index is 1.78. The number of nitrogens with one attached hydrogen (secondary N) is 2. The van der Waals surface area contributed by atoms with Crippen LogP contribution in [0, 0.1) is 6.92 Å². The standard InChI is InChI=1S/C21H26N4O3/c1-14-13-18(19(26)23-15-9-5-3-4-6-10-15)25-21(22-14)24-17-12-8-7-11-16(17)20(27)28-2/h7-8,11-13,15H,3-6,9-10H2,1-2H3,(H,23,26)(H,22,24,25). The summed E-state index contributed by atoms with van der Waals surface area (Å²) < 4.78 is 4.81. The molecule has 0 bridgehead atoms. The van der Waals surface area contributed by atoms with Crippen LogP contribution in [0.5, 0.6) is 0 Å². The SMILES string of the molecule is COC(=O)c1ccccc1Nc1nc(C)cc(C(=O)NC2CCCCCC2)n1. The number of hydrogen-bond donors (Lipinski definition) is 2. The number of methoxy groups -OCH3 is 1. The van der Waals surface area contributed by atoms with E-state index < -0.39 is 5.97 Å². The van der Waals surface area contributed by atoms with Crippen molar-refractivity contribution in [2.75, 3.05) is 12.4 Å². The Morgan fingerprint density at radius 1 is 1.07 bits per heavy atom. The van der Waals surface area contributed by atoms with Crippen molar-refractivity contribution in [2.45, 2.75) is 51.5 Å². The van der Waals surface area contributed by atoms with E-state index in [9.17, 15) is 9.59 Å². The van der Waals surface area contributed by atoms with Gasteiger partial charge in [-0.2, -0.15) is 0 Å². The van der Waals surface area contributed by atoms with Crippen molar-refractivity contribution in [3.8, 4) is 0 Å². The zero-order valence-corrected chi connectivity index (χ0v) is 16.3. The van der Waals surface area contributed by atoms with Crippen LogP contribution in [0.15, 0.2) is 30.3 Å². The van der Waals surface area contributed by atoms with E-state index in [0.717, 1.165) is 25.7 Å². The molecule has 3 rings (SSSR count). The summed E-state index contributed by atoms with van der Waals surface area (Å²) in [7, 11) is 1.33. The normalized spacial score (nSPS) is 14.8.